The van der Waals surface area contributed by atoms with Crippen LogP contribution in [0.5, 0.6) is 0 Å². The Morgan fingerprint density at radius 1 is 1.35 bits per heavy atom. The molecule has 1 aromatic rings. The SMILES string of the molecule is CC1CCN(CCCNC(=O)c2cccc(CS(C)=O)c2)CC1. The summed E-state index contributed by atoms with van der Waals surface area (Å²) in [4.78, 5) is 14.7. The summed E-state index contributed by atoms with van der Waals surface area (Å²) < 4.78 is 11.3. The molecule has 5 heteroatoms. The maximum atomic E-state index is 12.2. The van der Waals surface area contributed by atoms with Crippen LogP contribution >= 0.6 is 0 Å². The molecule has 1 aliphatic heterocycles. The summed E-state index contributed by atoms with van der Waals surface area (Å²) in [5.41, 5.74) is 1.60. The van der Waals surface area contributed by atoms with Crippen molar-refractivity contribution in [3.63, 3.8) is 0 Å². The largest absolute Gasteiger partial charge is 0.352 e. The van der Waals surface area contributed by atoms with Gasteiger partial charge in [0.2, 0.25) is 0 Å². The highest BCUT2D eigenvalue weighted by molar-refractivity contribution is 7.83. The molecule has 1 saturated heterocycles. The molecule has 0 aliphatic carbocycles. The predicted octanol–water partition coefficient (Wildman–Crippen LogP) is 2.42. The van der Waals surface area contributed by atoms with E-state index in [0.29, 0.717) is 17.9 Å². The van der Waals surface area contributed by atoms with E-state index in [-0.39, 0.29) is 5.91 Å². The zero-order valence-corrected chi connectivity index (χ0v) is 15.0. The molecule has 0 bridgehead atoms. The van der Waals surface area contributed by atoms with E-state index in [1.165, 1.54) is 25.9 Å². The predicted molar refractivity (Wildman–Crippen MR) is 96.0 cm³/mol. The van der Waals surface area contributed by atoms with Gasteiger partial charge in [-0.2, -0.15) is 0 Å². The molecular formula is C18H28N2O2S. The van der Waals surface area contributed by atoms with Gasteiger partial charge in [0.05, 0.1) is 0 Å². The minimum atomic E-state index is -0.888. The lowest BCUT2D eigenvalue weighted by Crippen LogP contribution is -2.35. The smallest absolute Gasteiger partial charge is 0.251 e. The first-order valence-electron chi connectivity index (χ1n) is 8.44. The van der Waals surface area contributed by atoms with Gasteiger partial charge >= 0.3 is 0 Å². The third kappa shape index (κ3) is 6.43. The van der Waals surface area contributed by atoms with Gasteiger partial charge in [-0.25, -0.2) is 0 Å². The topological polar surface area (TPSA) is 49.4 Å². The van der Waals surface area contributed by atoms with Crippen molar-refractivity contribution >= 4 is 16.7 Å². The molecular weight excluding hydrogens is 308 g/mol. The van der Waals surface area contributed by atoms with E-state index >= 15 is 0 Å². The average molecular weight is 337 g/mol. The Morgan fingerprint density at radius 3 is 2.78 bits per heavy atom. The molecule has 128 valence electrons. The molecule has 1 amide bonds. The second-order valence-electron chi connectivity index (χ2n) is 6.55. The number of rotatable bonds is 7. The standard InChI is InChI=1S/C18H28N2O2S/c1-15-7-11-20(12-8-15)10-4-9-19-18(21)17-6-3-5-16(13-17)14-23(2)22/h3,5-6,13,15H,4,7-12,14H2,1-2H3,(H,19,21). The van der Waals surface area contributed by atoms with E-state index in [1.807, 2.05) is 24.3 Å². The summed E-state index contributed by atoms with van der Waals surface area (Å²) in [6.45, 7) is 6.45. The number of likely N-dealkylation sites (tertiary alicyclic amines) is 1. The number of hydrogen-bond acceptors (Lipinski definition) is 3. The summed E-state index contributed by atoms with van der Waals surface area (Å²) in [6, 6.07) is 7.41. The highest BCUT2D eigenvalue weighted by Crippen LogP contribution is 2.15. The molecule has 1 unspecified atom stereocenters. The van der Waals surface area contributed by atoms with E-state index in [2.05, 4.69) is 17.1 Å². The molecule has 1 fully saturated rings. The van der Waals surface area contributed by atoms with E-state index in [9.17, 15) is 9.00 Å². The van der Waals surface area contributed by atoms with E-state index < -0.39 is 10.8 Å². The Hall–Kier alpha value is -1.20. The molecule has 23 heavy (non-hydrogen) atoms. The van der Waals surface area contributed by atoms with Gasteiger partial charge in [0.1, 0.15) is 0 Å². The minimum Gasteiger partial charge on any atom is -0.352 e. The van der Waals surface area contributed by atoms with Gasteiger partial charge in [0.15, 0.2) is 0 Å². The van der Waals surface area contributed by atoms with Crippen LogP contribution < -0.4 is 5.32 Å². The molecule has 1 N–H and O–H groups in total. The van der Waals surface area contributed by atoms with Crippen LogP contribution in [0.2, 0.25) is 0 Å². The van der Waals surface area contributed by atoms with Gasteiger partial charge in [-0.15, -0.1) is 0 Å². The fourth-order valence-electron chi connectivity index (χ4n) is 2.93. The van der Waals surface area contributed by atoms with Crippen LogP contribution in [-0.2, 0) is 16.6 Å². The Bertz CT molecular complexity index is 540. The Morgan fingerprint density at radius 2 is 2.09 bits per heavy atom. The number of nitrogens with one attached hydrogen (secondary N) is 1. The van der Waals surface area contributed by atoms with Crippen molar-refractivity contribution in [3.8, 4) is 0 Å². The van der Waals surface area contributed by atoms with Gasteiger partial charge in [0.25, 0.3) is 5.91 Å². The normalized spacial score (nSPS) is 17.8. The Balaban J connectivity index is 1.71. The Kier molecular flexibility index (Phi) is 7.24. The first-order valence-corrected chi connectivity index (χ1v) is 10.2. The molecule has 0 spiro atoms. The Labute approximate surface area is 142 Å². The maximum absolute atomic E-state index is 12.2. The number of benzene rings is 1. The lowest BCUT2D eigenvalue weighted by Gasteiger charge is -2.30. The van der Waals surface area contributed by atoms with E-state index in [0.717, 1.165) is 24.4 Å². The van der Waals surface area contributed by atoms with Crippen LogP contribution in [0.25, 0.3) is 0 Å². The zero-order valence-electron chi connectivity index (χ0n) is 14.2. The van der Waals surface area contributed by atoms with Crippen LogP contribution in [0.4, 0.5) is 0 Å². The lowest BCUT2D eigenvalue weighted by molar-refractivity contribution is 0.0950. The number of hydrogen-bond donors (Lipinski definition) is 1. The van der Waals surface area contributed by atoms with Crippen molar-refractivity contribution in [2.45, 2.75) is 31.9 Å². The van der Waals surface area contributed by atoms with Gasteiger partial charge in [-0.1, -0.05) is 19.1 Å². The van der Waals surface area contributed by atoms with Crippen LogP contribution in [0.15, 0.2) is 24.3 Å². The summed E-state index contributed by atoms with van der Waals surface area (Å²) in [5, 5.41) is 2.99. The number of piperidine rings is 1. The molecule has 1 aliphatic rings. The van der Waals surface area contributed by atoms with Crippen molar-refractivity contribution < 1.29 is 9.00 Å². The van der Waals surface area contributed by atoms with E-state index in [4.69, 9.17) is 0 Å². The third-order valence-corrected chi connectivity index (χ3v) is 5.11. The van der Waals surface area contributed by atoms with Crippen LogP contribution in [0, 0.1) is 5.92 Å². The zero-order chi connectivity index (χ0) is 16.7. The monoisotopic (exact) mass is 336 g/mol. The van der Waals surface area contributed by atoms with Crippen LogP contribution in [0.1, 0.15) is 42.1 Å². The number of carbonyl (C=O) groups excluding carboxylic acids is 1. The summed E-state index contributed by atoms with van der Waals surface area (Å²) in [6.07, 6.45) is 5.24. The fourth-order valence-corrected chi connectivity index (χ4v) is 3.58. The van der Waals surface area contributed by atoms with Crippen LogP contribution in [-0.4, -0.2) is 47.5 Å². The van der Waals surface area contributed by atoms with Crippen LogP contribution in [0.3, 0.4) is 0 Å². The molecule has 1 atom stereocenters. The third-order valence-electron chi connectivity index (χ3n) is 4.37. The lowest BCUT2D eigenvalue weighted by atomic mass is 9.99. The summed E-state index contributed by atoms with van der Waals surface area (Å²) in [5.74, 6) is 1.31. The first kappa shape index (κ1) is 18.1. The van der Waals surface area contributed by atoms with Crippen molar-refractivity contribution in [1.29, 1.82) is 0 Å². The van der Waals surface area contributed by atoms with Crippen molar-refractivity contribution in [2.24, 2.45) is 5.92 Å². The number of nitrogens with zero attached hydrogens (tertiary/aromatic N) is 1. The summed E-state index contributed by atoms with van der Waals surface area (Å²) in [7, 11) is -0.888. The molecule has 0 saturated carbocycles. The fraction of sp³-hybridized carbons (Fsp3) is 0.611. The van der Waals surface area contributed by atoms with Gasteiger partial charge in [-0.3, -0.25) is 9.00 Å². The second kappa shape index (κ2) is 9.18. The second-order valence-corrected chi connectivity index (χ2v) is 7.99. The highest BCUT2D eigenvalue weighted by atomic mass is 32.2. The van der Waals surface area contributed by atoms with Gasteiger partial charge < -0.3 is 10.2 Å². The molecule has 1 aromatic carbocycles. The first-order chi connectivity index (χ1) is 11.0. The van der Waals surface area contributed by atoms with E-state index in [1.54, 1.807) is 6.26 Å². The summed E-state index contributed by atoms with van der Waals surface area (Å²) >= 11 is 0. The molecule has 2 rings (SSSR count). The van der Waals surface area contributed by atoms with Crippen molar-refractivity contribution in [2.75, 3.05) is 32.4 Å². The van der Waals surface area contributed by atoms with Crippen molar-refractivity contribution in [3.05, 3.63) is 35.4 Å². The molecule has 0 aromatic heterocycles. The maximum Gasteiger partial charge on any atom is 0.251 e. The van der Waals surface area contributed by atoms with Gasteiger partial charge in [0, 0.05) is 34.9 Å². The molecule has 4 nitrogen and oxygen atoms in total. The molecule has 1 heterocycles. The highest BCUT2D eigenvalue weighted by Gasteiger charge is 2.15. The van der Waals surface area contributed by atoms with Gasteiger partial charge in [-0.05, 0) is 62.5 Å². The molecule has 0 radical (unpaired) electrons. The minimum absolute atomic E-state index is 0.0407. The van der Waals surface area contributed by atoms with Crippen molar-refractivity contribution in [1.82, 2.24) is 10.2 Å². The average Bonchev–Trinajstić information content (AvgIpc) is 2.52. The number of carbonyl (C=O) groups is 1. The number of amides is 1. The quantitative estimate of drug-likeness (QED) is 0.778.